The summed E-state index contributed by atoms with van der Waals surface area (Å²) in [6.45, 7) is 12.3. The van der Waals surface area contributed by atoms with Gasteiger partial charge in [-0.3, -0.25) is 0 Å². The predicted octanol–water partition coefficient (Wildman–Crippen LogP) is 5.11. The summed E-state index contributed by atoms with van der Waals surface area (Å²) in [5.74, 6) is 6.50. The van der Waals surface area contributed by atoms with E-state index in [0.29, 0.717) is 0 Å². The molecule has 2 aromatic rings. The van der Waals surface area contributed by atoms with E-state index in [1.54, 1.807) is 6.08 Å². The van der Waals surface area contributed by atoms with E-state index in [-0.39, 0.29) is 11.5 Å². The van der Waals surface area contributed by atoms with E-state index in [0.717, 1.165) is 24.1 Å². The molecule has 0 aromatic heterocycles. The van der Waals surface area contributed by atoms with Gasteiger partial charge in [-0.1, -0.05) is 87.7 Å². The molecule has 0 saturated heterocycles. The average Bonchev–Trinajstić information content (AvgIpc) is 2.85. The summed E-state index contributed by atoms with van der Waals surface area (Å²) >= 11 is 0. The van der Waals surface area contributed by atoms with E-state index >= 15 is 0 Å². The normalized spacial score (nSPS) is 18.5. The third kappa shape index (κ3) is 3.25. The Labute approximate surface area is 157 Å². The van der Waals surface area contributed by atoms with Crippen molar-refractivity contribution in [3.8, 4) is 0 Å². The zero-order valence-electron chi connectivity index (χ0n) is 15.8. The molecule has 1 aliphatic rings. The first-order valence-corrected chi connectivity index (χ1v) is 9.15. The first-order chi connectivity index (χ1) is 12.5. The van der Waals surface area contributed by atoms with Crippen molar-refractivity contribution in [1.29, 1.82) is 0 Å². The molecule has 0 fully saturated rings. The molecule has 2 heteroatoms. The van der Waals surface area contributed by atoms with E-state index in [1.807, 2.05) is 17.2 Å². The molecule has 26 heavy (non-hydrogen) atoms. The highest BCUT2D eigenvalue weighted by Crippen LogP contribution is 2.46. The van der Waals surface area contributed by atoms with Crippen molar-refractivity contribution in [3.05, 3.63) is 102 Å². The van der Waals surface area contributed by atoms with Gasteiger partial charge in [0.25, 0.3) is 0 Å². The Bertz CT molecular complexity index is 831. The van der Waals surface area contributed by atoms with Crippen LogP contribution in [0.4, 0.5) is 5.69 Å². The Balaban J connectivity index is 1.90. The molecule has 0 spiro atoms. The van der Waals surface area contributed by atoms with Crippen molar-refractivity contribution in [2.24, 2.45) is 5.84 Å². The number of benzene rings is 2. The van der Waals surface area contributed by atoms with Crippen LogP contribution in [-0.2, 0) is 18.3 Å². The van der Waals surface area contributed by atoms with Gasteiger partial charge in [0, 0.05) is 5.41 Å². The van der Waals surface area contributed by atoms with Gasteiger partial charge in [0.2, 0.25) is 0 Å². The lowest BCUT2D eigenvalue weighted by molar-refractivity contribution is 0.467. The van der Waals surface area contributed by atoms with E-state index in [2.05, 4.69) is 75.5 Å². The van der Waals surface area contributed by atoms with Crippen LogP contribution in [0.5, 0.6) is 0 Å². The molecule has 0 aliphatic carbocycles. The number of allylic oxidation sites excluding steroid dienone is 2. The lowest BCUT2D eigenvalue weighted by Gasteiger charge is -2.32. The van der Waals surface area contributed by atoms with Crippen LogP contribution < -0.4 is 10.9 Å². The number of hydrazine groups is 1. The van der Waals surface area contributed by atoms with Gasteiger partial charge in [-0.15, -0.1) is 0 Å². The van der Waals surface area contributed by atoms with Crippen LogP contribution in [0.2, 0.25) is 0 Å². The summed E-state index contributed by atoms with van der Waals surface area (Å²) in [5.41, 5.74) is 6.11. The van der Waals surface area contributed by atoms with Gasteiger partial charge in [-0.2, -0.15) is 0 Å². The maximum absolute atomic E-state index is 6.50. The maximum Gasteiger partial charge on any atom is 0.0793 e. The van der Waals surface area contributed by atoms with Gasteiger partial charge in [-0.25, -0.2) is 5.84 Å². The molecule has 0 amide bonds. The molecule has 3 rings (SSSR count). The van der Waals surface area contributed by atoms with E-state index in [9.17, 15) is 0 Å². The standard InChI is InChI=1S/C24H28N2/c1-5-10-20(6-2)23-24(3,4)21-17-19(15-16-22(21)26(23)25)14-13-18-11-8-7-9-12-18/h5-12,15-17,23H,1-2,13-14,25H2,3-4H3/b20-10+. The zero-order valence-corrected chi connectivity index (χ0v) is 15.8. The van der Waals surface area contributed by atoms with Crippen LogP contribution in [0.25, 0.3) is 0 Å². The molecular formula is C24H28N2. The summed E-state index contributed by atoms with van der Waals surface area (Å²) in [4.78, 5) is 0. The maximum atomic E-state index is 6.50. The quantitative estimate of drug-likeness (QED) is 0.583. The van der Waals surface area contributed by atoms with Gasteiger partial charge in [0.15, 0.2) is 0 Å². The van der Waals surface area contributed by atoms with Crippen LogP contribution in [-0.4, -0.2) is 6.04 Å². The topological polar surface area (TPSA) is 29.3 Å². The summed E-state index contributed by atoms with van der Waals surface area (Å²) in [7, 11) is 0. The minimum absolute atomic E-state index is 0.0531. The fraction of sp³-hybridized carbons (Fsp3) is 0.250. The fourth-order valence-corrected chi connectivity index (χ4v) is 4.03. The Kier molecular flexibility index (Phi) is 5.15. The van der Waals surface area contributed by atoms with Crippen molar-refractivity contribution in [1.82, 2.24) is 0 Å². The Morgan fingerprint density at radius 3 is 2.42 bits per heavy atom. The fourth-order valence-electron chi connectivity index (χ4n) is 4.03. The highest BCUT2D eigenvalue weighted by Gasteiger charge is 2.44. The van der Waals surface area contributed by atoms with Crippen LogP contribution in [0.3, 0.4) is 0 Å². The second-order valence-electron chi connectivity index (χ2n) is 7.48. The second kappa shape index (κ2) is 7.35. The molecule has 1 aliphatic heterocycles. The Morgan fingerprint density at radius 1 is 1.08 bits per heavy atom. The first-order valence-electron chi connectivity index (χ1n) is 9.15. The lowest BCUT2D eigenvalue weighted by atomic mass is 9.77. The van der Waals surface area contributed by atoms with Crippen LogP contribution >= 0.6 is 0 Å². The third-order valence-electron chi connectivity index (χ3n) is 5.40. The van der Waals surface area contributed by atoms with Crippen molar-refractivity contribution < 1.29 is 0 Å². The van der Waals surface area contributed by atoms with Crippen molar-refractivity contribution in [2.75, 3.05) is 5.01 Å². The van der Waals surface area contributed by atoms with Gasteiger partial charge in [-0.05, 0) is 41.2 Å². The van der Waals surface area contributed by atoms with Crippen molar-refractivity contribution in [3.63, 3.8) is 0 Å². The number of fused-ring (bicyclic) bond motifs is 1. The number of aryl methyl sites for hydroxylation is 2. The van der Waals surface area contributed by atoms with Crippen molar-refractivity contribution >= 4 is 5.69 Å². The summed E-state index contributed by atoms with van der Waals surface area (Å²) in [6, 6.07) is 17.4. The minimum Gasteiger partial charge on any atom is -0.302 e. The van der Waals surface area contributed by atoms with Gasteiger partial charge in [0.1, 0.15) is 0 Å². The van der Waals surface area contributed by atoms with Crippen LogP contribution in [0.15, 0.2) is 85.5 Å². The van der Waals surface area contributed by atoms with Crippen LogP contribution in [0, 0.1) is 0 Å². The molecule has 134 valence electrons. The first kappa shape index (κ1) is 18.2. The summed E-state index contributed by atoms with van der Waals surface area (Å²) in [6.07, 6.45) is 7.76. The van der Waals surface area contributed by atoms with E-state index in [4.69, 9.17) is 5.84 Å². The van der Waals surface area contributed by atoms with Gasteiger partial charge >= 0.3 is 0 Å². The molecule has 2 aromatic carbocycles. The molecule has 2 N–H and O–H groups in total. The SMILES string of the molecule is C=C/C=C(\C=C)C1N(N)c2ccc(CCc3ccccc3)cc2C1(C)C. The average molecular weight is 345 g/mol. The molecule has 0 saturated carbocycles. The van der Waals surface area contributed by atoms with Gasteiger partial charge < -0.3 is 5.01 Å². The van der Waals surface area contributed by atoms with E-state index < -0.39 is 0 Å². The highest BCUT2D eigenvalue weighted by atomic mass is 15.4. The number of hydrogen-bond donors (Lipinski definition) is 1. The zero-order chi connectivity index (χ0) is 18.7. The number of nitrogens with two attached hydrogens (primary N) is 1. The monoisotopic (exact) mass is 344 g/mol. The smallest absolute Gasteiger partial charge is 0.0793 e. The summed E-state index contributed by atoms with van der Waals surface area (Å²) < 4.78 is 0. The Morgan fingerprint density at radius 2 is 1.77 bits per heavy atom. The molecule has 1 unspecified atom stereocenters. The second-order valence-corrected chi connectivity index (χ2v) is 7.48. The minimum atomic E-state index is -0.101. The van der Waals surface area contributed by atoms with E-state index in [1.165, 1.54) is 16.7 Å². The number of rotatable bonds is 6. The number of nitrogens with zero attached hydrogens (tertiary/aromatic N) is 1. The molecule has 2 nitrogen and oxygen atoms in total. The van der Waals surface area contributed by atoms with Gasteiger partial charge in [0.05, 0.1) is 11.7 Å². The Hall–Kier alpha value is -2.58. The highest BCUT2D eigenvalue weighted by molar-refractivity contribution is 5.67. The summed E-state index contributed by atoms with van der Waals surface area (Å²) in [5, 5.41) is 1.88. The third-order valence-corrected chi connectivity index (χ3v) is 5.40. The van der Waals surface area contributed by atoms with Crippen molar-refractivity contribution in [2.45, 2.75) is 38.1 Å². The largest absolute Gasteiger partial charge is 0.302 e. The molecule has 0 radical (unpaired) electrons. The molecule has 1 atom stereocenters. The van der Waals surface area contributed by atoms with Crippen LogP contribution in [0.1, 0.15) is 30.5 Å². The number of anilines is 1. The molecule has 0 bridgehead atoms. The molecular weight excluding hydrogens is 316 g/mol. The molecule has 1 heterocycles. The number of hydrogen-bond acceptors (Lipinski definition) is 2. The lowest BCUT2D eigenvalue weighted by Crippen LogP contribution is -2.46. The predicted molar refractivity (Wildman–Crippen MR) is 112 cm³/mol.